The van der Waals surface area contributed by atoms with Gasteiger partial charge in [-0.3, -0.25) is 0 Å². The van der Waals surface area contributed by atoms with Crippen LogP contribution in [0.25, 0.3) is 0 Å². The molecule has 0 radical (unpaired) electrons. The molecule has 0 spiro atoms. The zero-order valence-electron chi connectivity index (χ0n) is 8.16. The van der Waals surface area contributed by atoms with Gasteiger partial charge in [-0.25, -0.2) is 0 Å². The number of rotatable bonds is 2. The van der Waals surface area contributed by atoms with Crippen molar-refractivity contribution >= 4 is 8.32 Å². The van der Waals surface area contributed by atoms with Gasteiger partial charge in [0.05, 0.1) is 11.6 Å². The molecule has 1 rings (SSSR count). The van der Waals surface area contributed by atoms with Crippen molar-refractivity contribution in [3.63, 3.8) is 0 Å². The van der Waals surface area contributed by atoms with Crippen LogP contribution in [0.2, 0.25) is 19.6 Å². The van der Waals surface area contributed by atoms with Gasteiger partial charge in [0.1, 0.15) is 5.75 Å². The molecule has 0 aliphatic carbocycles. The molecule has 0 atom stereocenters. The van der Waals surface area contributed by atoms with Crippen LogP contribution in [0.4, 0.5) is 0 Å². The van der Waals surface area contributed by atoms with Gasteiger partial charge in [-0.2, -0.15) is 5.26 Å². The minimum atomic E-state index is -1.51. The second kappa shape index (κ2) is 3.63. The molecule has 0 aromatic heterocycles. The van der Waals surface area contributed by atoms with Gasteiger partial charge in [0, 0.05) is 0 Å². The highest BCUT2D eigenvalue weighted by Gasteiger charge is 2.15. The summed E-state index contributed by atoms with van der Waals surface area (Å²) in [7, 11) is -1.51. The van der Waals surface area contributed by atoms with Crippen LogP contribution in [-0.4, -0.2) is 8.32 Å². The molecule has 1 aromatic carbocycles. The largest absolute Gasteiger partial charge is 0.544 e. The number of nitrogens with zero attached hydrogens (tertiary/aromatic N) is 1. The molecule has 0 saturated carbocycles. The van der Waals surface area contributed by atoms with Gasteiger partial charge in [-0.15, -0.1) is 0 Å². The first-order chi connectivity index (χ1) is 6.01. The van der Waals surface area contributed by atoms with Gasteiger partial charge in [0.25, 0.3) is 0 Å². The Balaban J connectivity index is 2.77. The van der Waals surface area contributed by atoms with E-state index in [1.165, 1.54) is 0 Å². The van der Waals surface area contributed by atoms with E-state index < -0.39 is 8.32 Å². The van der Waals surface area contributed by atoms with Crippen LogP contribution < -0.4 is 4.43 Å². The SMILES string of the molecule is C[Si](C)(C)Oc1ccc(C#N)cc1. The summed E-state index contributed by atoms with van der Waals surface area (Å²) in [5, 5.41) is 8.58. The molecule has 0 amide bonds. The summed E-state index contributed by atoms with van der Waals surface area (Å²) in [4.78, 5) is 0. The summed E-state index contributed by atoms with van der Waals surface area (Å²) in [5.74, 6) is 0.859. The van der Waals surface area contributed by atoms with E-state index in [0.717, 1.165) is 5.75 Å². The summed E-state index contributed by atoms with van der Waals surface area (Å²) in [5.41, 5.74) is 0.669. The lowest BCUT2D eigenvalue weighted by Gasteiger charge is -2.18. The average molecular weight is 191 g/mol. The first-order valence-electron chi connectivity index (χ1n) is 4.20. The van der Waals surface area contributed by atoms with E-state index >= 15 is 0 Å². The minimum Gasteiger partial charge on any atom is -0.544 e. The van der Waals surface area contributed by atoms with Crippen molar-refractivity contribution < 1.29 is 4.43 Å². The second-order valence-corrected chi connectivity index (χ2v) is 8.28. The van der Waals surface area contributed by atoms with E-state index in [4.69, 9.17) is 9.69 Å². The van der Waals surface area contributed by atoms with Crippen molar-refractivity contribution in [1.82, 2.24) is 0 Å². The maximum Gasteiger partial charge on any atom is 0.242 e. The molecule has 2 nitrogen and oxygen atoms in total. The Morgan fingerprint density at radius 1 is 1.15 bits per heavy atom. The fraction of sp³-hybridized carbons (Fsp3) is 0.300. The molecular weight excluding hydrogens is 178 g/mol. The van der Waals surface area contributed by atoms with Gasteiger partial charge in [-0.1, -0.05) is 0 Å². The van der Waals surface area contributed by atoms with Gasteiger partial charge < -0.3 is 4.43 Å². The first-order valence-corrected chi connectivity index (χ1v) is 7.61. The van der Waals surface area contributed by atoms with E-state index in [-0.39, 0.29) is 0 Å². The molecule has 0 N–H and O–H groups in total. The normalized spacial score (nSPS) is 10.6. The molecule has 0 unspecified atom stereocenters. The Morgan fingerprint density at radius 3 is 2.08 bits per heavy atom. The number of hydrogen-bond acceptors (Lipinski definition) is 2. The average Bonchev–Trinajstić information content (AvgIpc) is 2.03. The third-order valence-electron chi connectivity index (χ3n) is 1.41. The van der Waals surface area contributed by atoms with Crippen LogP contribution >= 0.6 is 0 Å². The molecule has 0 aliphatic rings. The standard InChI is InChI=1S/C10H13NOSi/c1-13(2,3)12-10-6-4-9(8-11)5-7-10/h4-7H,1-3H3. The Labute approximate surface area is 79.9 Å². The lowest BCUT2D eigenvalue weighted by molar-refractivity contribution is 0.557. The van der Waals surface area contributed by atoms with Crippen LogP contribution in [0.5, 0.6) is 5.75 Å². The van der Waals surface area contributed by atoms with E-state index in [2.05, 4.69) is 25.7 Å². The first kappa shape index (κ1) is 9.81. The molecular formula is C10H13NOSi. The fourth-order valence-corrected chi connectivity index (χ4v) is 1.79. The number of benzene rings is 1. The molecule has 0 saturated heterocycles. The predicted molar refractivity (Wildman–Crippen MR) is 55.1 cm³/mol. The molecule has 68 valence electrons. The van der Waals surface area contributed by atoms with E-state index in [9.17, 15) is 0 Å². The van der Waals surface area contributed by atoms with Gasteiger partial charge in [0.2, 0.25) is 8.32 Å². The van der Waals surface area contributed by atoms with Crippen molar-refractivity contribution in [1.29, 1.82) is 5.26 Å². The zero-order valence-corrected chi connectivity index (χ0v) is 9.16. The van der Waals surface area contributed by atoms with Gasteiger partial charge in [0.15, 0.2) is 0 Å². The lowest BCUT2D eigenvalue weighted by atomic mass is 10.2. The number of hydrogen-bond donors (Lipinski definition) is 0. The molecule has 1 aromatic rings. The second-order valence-electron chi connectivity index (χ2n) is 3.85. The molecule has 0 heterocycles. The van der Waals surface area contributed by atoms with Crippen molar-refractivity contribution in [3.05, 3.63) is 29.8 Å². The molecule has 13 heavy (non-hydrogen) atoms. The molecule has 3 heteroatoms. The monoisotopic (exact) mass is 191 g/mol. The van der Waals surface area contributed by atoms with Crippen molar-refractivity contribution in [3.8, 4) is 11.8 Å². The van der Waals surface area contributed by atoms with Crippen molar-refractivity contribution in [2.75, 3.05) is 0 Å². The highest BCUT2D eigenvalue weighted by Crippen LogP contribution is 2.16. The number of nitriles is 1. The Morgan fingerprint density at radius 2 is 1.69 bits per heavy atom. The van der Waals surface area contributed by atoms with E-state index in [1.807, 2.05) is 12.1 Å². The Hall–Kier alpha value is -1.27. The van der Waals surface area contributed by atoms with Crippen molar-refractivity contribution in [2.24, 2.45) is 0 Å². The summed E-state index contributed by atoms with van der Waals surface area (Å²) in [6.07, 6.45) is 0. The highest BCUT2D eigenvalue weighted by molar-refractivity contribution is 6.70. The Bertz CT molecular complexity index is 318. The van der Waals surface area contributed by atoms with Gasteiger partial charge >= 0.3 is 0 Å². The van der Waals surface area contributed by atoms with Crippen LogP contribution in [0.15, 0.2) is 24.3 Å². The topological polar surface area (TPSA) is 33.0 Å². The van der Waals surface area contributed by atoms with E-state index in [1.54, 1.807) is 12.1 Å². The zero-order chi connectivity index (χ0) is 9.90. The van der Waals surface area contributed by atoms with Crippen LogP contribution in [-0.2, 0) is 0 Å². The molecule has 0 bridgehead atoms. The summed E-state index contributed by atoms with van der Waals surface area (Å²) in [6.45, 7) is 6.39. The lowest BCUT2D eigenvalue weighted by Crippen LogP contribution is -2.29. The van der Waals surface area contributed by atoms with Gasteiger partial charge in [-0.05, 0) is 43.9 Å². The van der Waals surface area contributed by atoms with E-state index in [0.29, 0.717) is 5.56 Å². The fourth-order valence-electron chi connectivity index (χ4n) is 0.951. The maximum atomic E-state index is 8.58. The van der Waals surface area contributed by atoms with Crippen LogP contribution in [0, 0.1) is 11.3 Å². The summed E-state index contributed by atoms with van der Waals surface area (Å²) < 4.78 is 5.73. The Kier molecular flexibility index (Phi) is 2.74. The quantitative estimate of drug-likeness (QED) is 0.673. The molecule has 0 aliphatic heterocycles. The molecule has 0 fully saturated rings. The highest BCUT2D eigenvalue weighted by atomic mass is 28.4. The van der Waals surface area contributed by atoms with Crippen molar-refractivity contribution in [2.45, 2.75) is 19.6 Å². The van der Waals surface area contributed by atoms with Crippen LogP contribution in [0.3, 0.4) is 0 Å². The minimum absolute atomic E-state index is 0.669. The summed E-state index contributed by atoms with van der Waals surface area (Å²) >= 11 is 0. The smallest absolute Gasteiger partial charge is 0.242 e. The summed E-state index contributed by atoms with van der Waals surface area (Å²) in [6, 6.07) is 9.31. The van der Waals surface area contributed by atoms with Crippen LogP contribution in [0.1, 0.15) is 5.56 Å². The third-order valence-corrected chi connectivity index (χ3v) is 2.26. The third kappa shape index (κ3) is 3.30. The maximum absolute atomic E-state index is 8.58. The predicted octanol–water partition coefficient (Wildman–Crippen LogP) is 2.77.